The molecule has 0 radical (unpaired) electrons. The SMILES string of the molecule is O=C(Nc1cc(C(F)(F)F)cc(C(F)(F)F)c1)N[C@@H]1CN(C(=O)O)C[C@H]1c1ccc(F)cc1F. The number of likely N-dealkylation sites (tertiary alicyclic amines) is 1. The van der Waals surface area contributed by atoms with Crippen LogP contribution in [0.15, 0.2) is 36.4 Å². The molecule has 1 aliphatic heterocycles. The summed E-state index contributed by atoms with van der Waals surface area (Å²) in [6.07, 6.45) is -11.7. The van der Waals surface area contributed by atoms with E-state index in [4.69, 9.17) is 0 Å². The Morgan fingerprint density at radius 1 is 0.912 bits per heavy atom. The van der Waals surface area contributed by atoms with Gasteiger partial charge in [0.2, 0.25) is 0 Å². The predicted octanol–water partition coefficient (Wildman–Crippen LogP) is 5.27. The maximum absolute atomic E-state index is 14.3. The molecule has 3 amide bonds. The third-order valence-electron chi connectivity index (χ3n) is 5.11. The van der Waals surface area contributed by atoms with Gasteiger partial charge in [-0.15, -0.1) is 0 Å². The Hall–Kier alpha value is -3.58. The van der Waals surface area contributed by atoms with Gasteiger partial charge in [0.25, 0.3) is 0 Å². The van der Waals surface area contributed by atoms with Crippen LogP contribution in [-0.4, -0.2) is 41.3 Å². The molecule has 1 heterocycles. The molecule has 34 heavy (non-hydrogen) atoms. The van der Waals surface area contributed by atoms with E-state index in [1.165, 1.54) is 0 Å². The fraction of sp³-hybridized carbons (Fsp3) is 0.300. The largest absolute Gasteiger partial charge is 0.465 e. The minimum absolute atomic E-state index is 0.113. The van der Waals surface area contributed by atoms with E-state index >= 15 is 0 Å². The van der Waals surface area contributed by atoms with E-state index in [1.54, 1.807) is 0 Å². The van der Waals surface area contributed by atoms with Gasteiger partial charge in [0.1, 0.15) is 11.6 Å². The number of carbonyl (C=O) groups is 2. The molecule has 2 aromatic carbocycles. The normalized spacial score (nSPS) is 18.6. The number of hydrogen-bond acceptors (Lipinski definition) is 2. The highest BCUT2D eigenvalue weighted by atomic mass is 19.4. The predicted molar refractivity (Wildman–Crippen MR) is 101 cm³/mol. The van der Waals surface area contributed by atoms with E-state index in [2.05, 4.69) is 5.32 Å². The number of carbonyl (C=O) groups excluding carboxylic acids is 1. The van der Waals surface area contributed by atoms with Crippen LogP contribution in [0.25, 0.3) is 0 Å². The van der Waals surface area contributed by atoms with E-state index in [1.807, 2.05) is 5.32 Å². The van der Waals surface area contributed by atoms with E-state index in [9.17, 15) is 49.8 Å². The quantitative estimate of drug-likeness (QED) is 0.506. The Morgan fingerprint density at radius 2 is 1.50 bits per heavy atom. The maximum atomic E-state index is 14.3. The average molecular weight is 497 g/mol. The second kappa shape index (κ2) is 8.99. The summed E-state index contributed by atoms with van der Waals surface area (Å²) in [6.45, 7) is -0.661. The van der Waals surface area contributed by atoms with Gasteiger partial charge in [-0.25, -0.2) is 18.4 Å². The first kappa shape index (κ1) is 25.1. The molecule has 0 saturated carbocycles. The molecule has 3 rings (SSSR count). The Morgan fingerprint density at radius 3 is 2.00 bits per heavy atom. The number of carboxylic acid groups (broad SMARTS) is 1. The van der Waals surface area contributed by atoms with Crippen LogP contribution in [0.5, 0.6) is 0 Å². The van der Waals surface area contributed by atoms with Gasteiger partial charge in [0, 0.05) is 30.8 Å². The molecule has 1 fully saturated rings. The van der Waals surface area contributed by atoms with Crippen molar-refractivity contribution >= 4 is 17.8 Å². The molecule has 14 heteroatoms. The minimum atomic E-state index is -5.13. The first-order valence-corrected chi connectivity index (χ1v) is 9.45. The molecule has 2 atom stereocenters. The van der Waals surface area contributed by atoms with Crippen LogP contribution in [0, 0.1) is 11.6 Å². The summed E-state index contributed by atoms with van der Waals surface area (Å²) in [7, 11) is 0. The van der Waals surface area contributed by atoms with Crippen molar-refractivity contribution < 1.29 is 49.8 Å². The number of benzene rings is 2. The molecule has 0 bridgehead atoms. The van der Waals surface area contributed by atoms with Crippen molar-refractivity contribution in [1.82, 2.24) is 10.2 Å². The van der Waals surface area contributed by atoms with Gasteiger partial charge in [-0.2, -0.15) is 26.3 Å². The summed E-state index contributed by atoms with van der Waals surface area (Å²) < 4.78 is 106. The monoisotopic (exact) mass is 497 g/mol. The zero-order valence-electron chi connectivity index (χ0n) is 16.8. The first-order valence-electron chi connectivity index (χ1n) is 9.45. The van der Waals surface area contributed by atoms with Gasteiger partial charge in [-0.3, -0.25) is 0 Å². The van der Waals surface area contributed by atoms with Crippen LogP contribution in [0.2, 0.25) is 0 Å². The second-order valence-corrected chi connectivity index (χ2v) is 7.46. The van der Waals surface area contributed by atoms with Crippen molar-refractivity contribution in [2.24, 2.45) is 0 Å². The molecule has 2 aromatic rings. The van der Waals surface area contributed by atoms with Crippen LogP contribution in [0.1, 0.15) is 22.6 Å². The van der Waals surface area contributed by atoms with Crippen molar-refractivity contribution in [3.8, 4) is 0 Å². The van der Waals surface area contributed by atoms with Crippen molar-refractivity contribution in [2.75, 3.05) is 18.4 Å². The molecule has 0 unspecified atom stereocenters. The highest BCUT2D eigenvalue weighted by Crippen LogP contribution is 2.37. The highest BCUT2D eigenvalue weighted by Gasteiger charge is 2.39. The van der Waals surface area contributed by atoms with Gasteiger partial charge in [0.15, 0.2) is 0 Å². The number of rotatable bonds is 3. The number of hydrogen-bond donors (Lipinski definition) is 3. The zero-order valence-corrected chi connectivity index (χ0v) is 16.8. The average Bonchev–Trinajstić information content (AvgIpc) is 3.10. The van der Waals surface area contributed by atoms with Crippen molar-refractivity contribution in [3.05, 3.63) is 64.7 Å². The zero-order chi connectivity index (χ0) is 25.4. The first-order chi connectivity index (χ1) is 15.6. The summed E-state index contributed by atoms with van der Waals surface area (Å²) >= 11 is 0. The van der Waals surface area contributed by atoms with E-state index in [-0.39, 0.29) is 24.7 Å². The molecule has 0 aromatic heterocycles. The molecule has 3 N–H and O–H groups in total. The second-order valence-electron chi connectivity index (χ2n) is 7.46. The molecular formula is C20H15F8N3O3. The van der Waals surface area contributed by atoms with Gasteiger partial charge in [0.05, 0.1) is 17.2 Å². The van der Waals surface area contributed by atoms with Crippen LogP contribution >= 0.6 is 0 Å². The van der Waals surface area contributed by atoms with Crippen molar-refractivity contribution in [2.45, 2.75) is 24.3 Å². The van der Waals surface area contributed by atoms with Crippen LogP contribution in [0.3, 0.4) is 0 Å². The summed E-state index contributed by atoms with van der Waals surface area (Å²) in [5.41, 5.74) is -4.25. The number of halogens is 8. The lowest BCUT2D eigenvalue weighted by Crippen LogP contribution is -2.42. The number of alkyl halides is 6. The van der Waals surface area contributed by atoms with Gasteiger partial charge >= 0.3 is 24.5 Å². The van der Waals surface area contributed by atoms with E-state index in [0.29, 0.717) is 18.2 Å². The van der Waals surface area contributed by atoms with E-state index in [0.717, 1.165) is 17.0 Å². The van der Waals surface area contributed by atoms with Crippen LogP contribution < -0.4 is 10.6 Å². The smallest absolute Gasteiger partial charge is 0.416 e. The standard InChI is InChI=1S/C20H15F8N3O3/c21-11-1-2-13(15(22)6-11)14-7-31(18(33)34)8-16(14)30-17(32)29-12-4-9(19(23,24)25)3-10(5-12)20(26,27)28/h1-6,14,16H,7-8H2,(H,33,34)(H2,29,30,32)/t14-,16+/m0/s1. The van der Waals surface area contributed by atoms with Gasteiger partial charge in [-0.1, -0.05) is 6.07 Å². The topological polar surface area (TPSA) is 81.7 Å². The summed E-state index contributed by atoms with van der Waals surface area (Å²) in [6, 6.07) is 0.626. The summed E-state index contributed by atoms with van der Waals surface area (Å²) in [5.74, 6) is -2.92. The highest BCUT2D eigenvalue weighted by molar-refractivity contribution is 5.90. The van der Waals surface area contributed by atoms with Crippen molar-refractivity contribution in [3.63, 3.8) is 0 Å². The summed E-state index contributed by atoms with van der Waals surface area (Å²) in [5, 5.41) is 13.3. The maximum Gasteiger partial charge on any atom is 0.416 e. The molecule has 0 aliphatic carbocycles. The Bertz CT molecular complexity index is 1070. The number of nitrogens with zero attached hydrogens (tertiary/aromatic N) is 1. The number of urea groups is 1. The third-order valence-corrected chi connectivity index (χ3v) is 5.11. The Kier molecular flexibility index (Phi) is 6.62. The molecule has 1 saturated heterocycles. The molecule has 184 valence electrons. The lowest BCUT2D eigenvalue weighted by atomic mass is 9.94. The number of anilines is 1. The van der Waals surface area contributed by atoms with E-state index < -0.39 is 64.9 Å². The van der Waals surface area contributed by atoms with Gasteiger partial charge in [-0.05, 0) is 29.8 Å². The number of nitrogens with one attached hydrogen (secondary N) is 2. The van der Waals surface area contributed by atoms with Crippen LogP contribution in [0.4, 0.5) is 50.4 Å². The lowest BCUT2D eigenvalue weighted by molar-refractivity contribution is -0.143. The van der Waals surface area contributed by atoms with Gasteiger partial charge < -0.3 is 20.6 Å². The van der Waals surface area contributed by atoms with Crippen molar-refractivity contribution in [1.29, 1.82) is 0 Å². The molecule has 1 aliphatic rings. The number of amides is 3. The Labute approximate surface area is 186 Å². The van der Waals surface area contributed by atoms with Crippen LogP contribution in [-0.2, 0) is 12.4 Å². The fourth-order valence-electron chi connectivity index (χ4n) is 3.59. The lowest BCUT2D eigenvalue weighted by Gasteiger charge is -2.21. The fourth-order valence-corrected chi connectivity index (χ4v) is 3.59. The molecule has 6 nitrogen and oxygen atoms in total. The molecular weight excluding hydrogens is 482 g/mol. The minimum Gasteiger partial charge on any atom is -0.465 e. The Balaban J connectivity index is 1.85. The summed E-state index contributed by atoms with van der Waals surface area (Å²) in [4.78, 5) is 24.5. The third kappa shape index (κ3) is 5.66. The molecule has 0 spiro atoms.